The van der Waals surface area contributed by atoms with Crippen LogP contribution in [-0.2, 0) is 14.3 Å². The molecule has 0 fully saturated rings. The largest absolute Gasteiger partial charge is 0.466 e. The molecule has 0 aromatic carbocycles. The van der Waals surface area contributed by atoms with Crippen molar-refractivity contribution >= 4 is 11.9 Å². The van der Waals surface area contributed by atoms with Crippen LogP contribution in [0.3, 0.4) is 0 Å². The number of allylic oxidation sites excluding steroid dienone is 1. The van der Waals surface area contributed by atoms with Crippen molar-refractivity contribution < 1.29 is 24.5 Å². The number of aliphatic hydroxyl groups excluding tert-OH is 2. The molecule has 73 heavy (non-hydrogen) atoms. The molecule has 6 heteroatoms. The summed E-state index contributed by atoms with van der Waals surface area (Å²) in [6.45, 7) is 4.94. The lowest BCUT2D eigenvalue weighted by Gasteiger charge is -2.20. The third-order valence-corrected chi connectivity index (χ3v) is 15.8. The van der Waals surface area contributed by atoms with E-state index in [4.69, 9.17) is 4.74 Å². The normalized spacial score (nSPS) is 12.5. The van der Waals surface area contributed by atoms with Gasteiger partial charge in [0.05, 0.1) is 25.4 Å². The molecule has 0 saturated carbocycles. The number of carbonyl (C=O) groups excluding carboxylic acids is 2. The molecule has 0 aromatic rings. The summed E-state index contributed by atoms with van der Waals surface area (Å²) in [4.78, 5) is 24.6. The van der Waals surface area contributed by atoms with E-state index < -0.39 is 12.1 Å². The number of ether oxygens (including phenoxy) is 1. The minimum atomic E-state index is -0.846. The highest BCUT2D eigenvalue weighted by Crippen LogP contribution is 2.19. The molecule has 0 aliphatic carbocycles. The van der Waals surface area contributed by atoms with Crippen LogP contribution in [0, 0.1) is 0 Å². The number of carbonyl (C=O) groups is 2. The summed E-state index contributed by atoms with van der Waals surface area (Å²) in [5.41, 5.74) is 0. The predicted octanol–water partition coefficient (Wildman–Crippen LogP) is 21.2. The summed E-state index contributed by atoms with van der Waals surface area (Å²) in [5, 5.41) is 23.2. The predicted molar refractivity (Wildman–Crippen MR) is 320 cm³/mol. The molecule has 434 valence electrons. The maximum Gasteiger partial charge on any atom is 0.305 e. The first-order valence-corrected chi connectivity index (χ1v) is 33.5. The summed E-state index contributed by atoms with van der Waals surface area (Å²) in [5.74, 6) is -0.0509. The maximum absolute atomic E-state index is 12.5. The van der Waals surface area contributed by atoms with Crippen molar-refractivity contribution in [3.8, 4) is 0 Å². The average Bonchev–Trinajstić information content (AvgIpc) is 3.39. The number of amides is 1. The van der Waals surface area contributed by atoms with Crippen LogP contribution >= 0.6 is 0 Å². The summed E-state index contributed by atoms with van der Waals surface area (Å²) in [7, 11) is 0. The van der Waals surface area contributed by atoms with Gasteiger partial charge in [0, 0.05) is 12.8 Å². The molecule has 1 amide bonds. The van der Waals surface area contributed by atoms with Gasteiger partial charge in [-0.2, -0.15) is 0 Å². The molecule has 0 rings (SSSR count). The second-order valence-electron chi connectivity index (χ2n) is 23.2. The Balaban J connectivity index is 3.40. The molecule has 0 bridgehead atoms. The molecule has 0 aliphatic heterocycles. The van der Waals surface area contributed by atoms with Gasteiger partial charge in [-0.25, -0.2) is 0 Å². The smallest absolute Gasteiger partial charge is 0.305 e. The Hall–Kier alpha value is -1.40. The van der Waals surface area contributed by atoms with Crippen molar-refractivity contribution in [3.63, 3.8) is 0 Å². The van der Waals surface area contributed by atoms with E-state index in [1.165, 1.54) is 315 Å². The van der Waals surface area contributed by atoms with Crippen molar-refractivity contribution in [2.24, 2.45) is 0 Å². The van der Waals surface area contributed by atoms with E-state index in [1.807, 2.05) is 6.08 Å². The lowest BCUT2D eigenvalue weighted by molar-refractivity contribution is -0.143. The number of nitrogens with one attached hydrogen (secondary N) is 1. The van der Waals surface area contributed by atoms with Crippen LogP contribution in [0.1, 0.15) is 380 Å². The van der Waals surface area contributed by atoms with E-state index in [0.717, 1.165) is 38.5 Å². The molecule has 0 spiro atoms. The van der Waals surface area contributed by atoms with Gasteiger partial charge in [0.1, 0.15) is 0 Å². The van der Waals surface area contributed by atoms with Crippen LogP contribution in [0.4, 0.5) is 0 Å². The molecule has 0 saturated heterocycles. The van der Waals surface area contributed by atoms with Crippen molar-refractivity contribution in [3.05, 3.63) is 12.2 Å². The van der Waals surface area contributed by atoms with Gasteiger partial charge < -0.3 is 20.3 Å². The van der Waals surface area contributed by atoms with Crippen molar-refractivity contribution in [1.29, 1.82) is 0 Å². The molecule has 2 atom stereocenters. The van der Waals surface area contributed by atoms with Gasteiger partial charge in [-0.3, -0.25) is 9.59 Å². The molecule has 0 aliphatic rings. The summed E-state index contributed by atoms with van der Waals surface area (Å²) in [6.07, 6.45) is 76.9. The highest BCUT2D eigenvalue weighted by Gasteiger charge is 2.18. The molecule has 3 N–H and O–H groups in total. The van der Waals surface area contributed by atoms with Gasteiger partial charge in [-0.05, 0) is 32.1 Å². The minimum absolute atomic E-state index is 0.0149. The Kier molecular flexibility index (Phi) is 61.9. The monoisotopic (exact) mass is 1030 g/mol. The first-order valence-electron chi connectivity index (χ1n) is 33.5. The van der Waals surface area contributed by atoms with Crippen LogP contribution in [0.25, 0.3) is 0 Å². The van der Waals surface area contributed by atoms with E-state index in [-0.39, 0.29) is 18.5 Å². The Labute approximate surface area is 457 Å². The van der Waals surface area contributed by atoms with Crippen molar-refractivity contribution in [2.45, 2.75) is 392 Å². The minimum Gasteiger partial charge on any atom is -0.466 e. The molecule has 0 aromatic heterocycles. The molecular formula is C67H131NO5. The van der Waals surface area contributed by atoms with E-state index in [1.54, 1.807) is 6.08 Å². The summed E-state index contributed by atoms with van der Waals surface area (Å²) < 4.78 is 5.50. The van der Waals surface area contributed by atoms with Crippen LogP contribution < -0.4 is 5.32 Å². The van der Waals surface area contributed by atoms with Crippen LogP contribution in [0.2, 0.25) is 0 Å². The molecule has 2 unspecified atom stereocenters. The third kappa shape index (κ3) is 59.7. The summed E-state index contributed by atoms with van der Waals surface area (Å²) in [6, 6.07) is -0.629. The molecule has 0 radical (unpaired) electrons. The lowest BCUT2D eigenvalue weighted by atomic mass is 10.0. The number of aliphatic hydroxyl groups is 2. The Bertz CT molecular complexity index is 1100. The lowest BCUT2D eigenvalue weighted by Crippen LogP contribution is -2.45. The number of esters is 1. The molecule has 0 heterocycles. The van der Waals surface area contributed by atoms with Gasteiger partial charge in [-0.15, -0.1) is 0 Å². The first kappa shape index (κ1) is 71.6. The maximum atomic E-state index is 12.5. The van der Waals surface area contributed by atoms with E-state index in [2.05, 4.69) is 19.2 Å². The van der Waals surface area contributed by atoms with Crippen LogP contribution in [0.5, 0.6) is 0 Å². The molecular weight excluding hydrogens is 899 g/mol. The van der Waals surface area contributed by atoms with E-state index in [9.17, 15) is 19.8 Å². The fourth-order valence-electron chi connectivity index (χ4n) is 10.7. The second kappa shape index (κ2) is 63.1. The quantitative estimate of drug-likeness (QED) is 0.0320. The molecule has 6 nitrogen and oxygen atoms in total. The number of hydrogen-bond acceptors (Lipinski definition) is 5. The third-order valence-electron chi connectivity index (χ3n) is 15.8. The second-order valence-corrected chi connectivity index (χ2v) is 23.2. The van der Waals surface area contributed by atoms with Gasteiger partial charge in [-0.1, -0.05) is 347 Å². The van der Waals surface area contributed by atoms with Gasteiger partial charge in [0.25, 0.3) is 0 Å². The fourth-order valence-corrected chi connectivity index (χ4v) is 10.7. The Morgan fingerprint density at radius 3 is 0.932 bits per heavy atom. The SMILES string of the molecule is CCCCCCCCCCCCCCCCCCC/C=C/C(O)C(CO)NC(=O)CCCCCCCCCCCCCCCCCCCCCCOC(=O)CCCCCCCCCCCCCCCCCCC. The Morgan fingerprint density at radius 1 is 0.370 bits per heavy atom. The zero-order valence-corrected chi connectivity index (χ0v) is 49.6. The van der Waals surface area contributed by atoms with Crippen molar-refractivity contribution in [1.82, 2.24) is 5.32 Å². The number of hydrogen-bond donors (Lipinski definition) is 3. The Morgan fingerprint density at radius 2 is 0.630 bits per heavy atom. The fraction of sp³-hybridized carbons (Fsp3) is 0.940. The van der Waals surface area contributed by atoms with Crippen LogP contribution in [0.15, 0.2) is 12.2 Å². The van der Waals surface area contributed by atoms with E-state index in [0.29, 0.717) is 19.4 Å². The highest BCUT2D eigenvalue weighted by atomic mass is 16.5. The first-order chi connectivity index (χ1) is 36.0. The van der Waals surface area contributed by atoms with Crippen molar-refractivity contribution in [2.75, 3.05) is 13.2 Å². The topological polar surface area (TPSA) is 95.9 Å². The van der Waals surface area contributed by atoms with E-state index >= 15 is 0 Å². The standard InChI is InChI=1S/C67H131NO5/c1-3-5-7-9-11-13-15-17-19-21-24-28-31-35-39-43-47-51-55-59-65(70)64(63-69)68-66(71)60-56-52-48-44-40-36-32-29-25-22-23-26-30-34-38-42-46-50-54-58-62-73-67(72)61-57-53-49-45-41-37-33-27-20-18-16-14-12-10-8-6-4-2/h55,59,64-65,69-70H,3-54,56-58,60-63H2,1-2H3,(H,68,71)/b59-55+. The highest BCUT2D eigenvalue weighted by molar-refractivity contribution is 5.76. The van der Waals surface area contributed by atoms with Gasteiger partial charge in [0.2, 0.25) is 5.91 Å². The zero-order valence-electron chi connectivity index (χ0n) is 49.6. The number of unbranched alkanes of at least 4 members (excludes halogenated alkanes) is 52. The number of rotatable bonds is 63. The zero-order chi connectivity index (χ0) is 52.9. The summed E-state index contributed by atoms with van der Waals surface area (Å²) >= 11 is 0. The van der Waals surface area contributed by atoms with Crippen LogP contribution in [-0.4, -0.2) is 47.4 Å². The van der Waals surface area contributed by atoms with Gasteiger partial charge in [0.15, 0.2) is 0 Å². The average molecular weight is 1030 g/mol. The van der Waals surface area contributed by atoms with Gasteiger partial charge >= 0.3 is 5.97 Å².